The van der Waals surface area contributed by atoms with Gasteiger partial charge in [0, 0.05) is 31.7 Å². The fourth-order valence-electron chi connectivity index (χ4n) is 2.77. The molecule has 1 heterocycles. The summed E-state index contributed by atoms with van der Waals surface area (Å²) in [5.74, 6) is -0.230. The van der Waals surface area contributed by atoms with Gasteiger partial charge >= 0.3 is 0 Å². The van der Waals surface area contributed by atoms with Gasteiger partial charge in [-0.15, -0.1) is 0 Å². The lowest BCUT2D eigenvalue weighted by Crippen LogP contribution is -2.50. The largest absolute Gasteiger partial charge is 0.336 e. The Morgan fingerprint density at radius 1 is 0.852 bits per heavy atom. The quantitative estimate of drug-likeness (QED) is 0.670. The summed E-state index contributed by atoms with van der Waals surface area (Å²) in [7, 11) is -3.80. The molecule has 0 N–H and O–H groups in total. The molecular weight excluding hydrogens is 454 g/mol. The van der Waals surface area contributed by atoms with Gasteiger partial charge in [0.05, 0.1) is 20.1 Å². The van der Waals surface area contributed by atoms with Gasteiger partial charge in [-0.3, -0.25) is 4.79 Å². The Labute approximate surface area is 177 Å². The van der Waals surface area contributed by atoms with Crippen molar-refractivity contribution in [3.05, 3.63) is 62.1 Å². The van der Waals surface area contributed by atoms with E-state index in [0.717, 1.165) is 0 Å². The number of nitrogens with zero attached hydrogens (tertiary/aromatic N) is 2. The summed E-state index contributed by atoms with van der Waals surface area (Å²) in [6.45, 7) is 0.795. The molecule has 0 radical (unpaired) electrons. The second kappa shape index (κ2) is 8.15. The highest BCUT2D eigenvalue weighted by Gasteiger charge is 2.32. The molecule has 1 saturated heterocycles. The van der Waals surface area contributed by atoms with Gasteiger partial charge in [0.1, 0.15) is 4.90 Å². The highest BCUT2D eigenvalue weighted by atomic mass is 35.5. The van der Waals surface area contributed by atoms with E-state index in [4.69, 9.17) is 46.4 Å². The summed E-state index contributed by atoms with van der Waals surface area (Å²) in [6.07, 6.45) is 0. The van der Waals surface area contributed by atoms with Gasteiger partial charge in [-0.25, -0.2) is 8.42 Å². The van der Waals surface area contributed by atoms with Gasteiger partial charge in [0.25, 0.3) is 5.91 Å². The number of amides is 1. The first-order chi connectivity index (χ1) is 12.7. The molecule has 1 aliphatic heterocycles. The van der Waals surface area contributed by atoms with E-state index in [-0.39, 0.29) is 47.0 Å². The summed E-state index contributed by atoms with van der Waals surface area (Å²) < 4.78 is 27.0. The highest BCUT2D eigenvalue weighted by molar-refractivity contribution is 7.89. The number of sulfonamides is 1. The molecule has 144 valence electrons. The highest BCUT2D eigenvalue weighted by Crippen LogP contribution is 2.31. The van der Waals surface area contributed by atoms with E-state index in [9.17, 15) is 13.2 Å². The van der Waals surface area contributed by atoms with Gasteiger partial charge in [-0.2, -0.15) is 4.31 Å². The Morgan fingerprint density at radius 3 is 2.15 bits per heavy atom. The van der Waals surface area contributed by atoms with Crippen molar-refractivity contribution >= 4 is 62.3 Å². The third kappa shape index (κ3) is 4.21. The van der Waals surface area contributed by atoms with Crippen molar-refractivity contribution in [2.75, 3.05) is 26.2 Å². The summed E-state index contributed by atoms with van der Waals surface area (Å²) in [5, 5.41) is 0.821. The van der Waals surface area contributed by atoms with Crippen LogP contribution < -0.4 is 0 Å². The number of benzene rings is 2. The molecule has 2 aromatic rings. The topological polar surface area (TPSA) is 57.7 Å². The predicted molar refractivity (Wildman–Crippen MR) is 108 cm³/mol. The van der Waals surface area contributed by atoms with Crippen molar-refractivity contribution in [1.82, 2.24) is 9.21 Å². The molecule has 0 atom stereocenters. The molecule has 27 heavy (non-hydrogen) atoms. The molecule has 0 unspecified atom stereocenters. The van der Waals surface area contributed by atoms with Crippen LogP contribution in [0.1, 0.15) is 10.4 Å². The maximum absolute atomic E-state index is 12.8. The maximum Gasteiger partial charge on any atom is 0.253 e. The fraction of sp³-hybridized carbons (Fsp3) is 0.235. The van der Waals surface area contributed by atoms with E-state index >= 15 is 0 Å². The van der Waals surface area contributed by atoms with Crippen molar-refractivity contribution in [3.8, 4) is 0 Å². The van der Waals surface area contributed by atoms with E-state index < -0.39 is 10.0 Å². The molecule has 0 aliphatic carbocycles. The SMILES string of the molecule is O=C(c1ccc(Cl)c(Cl)c1)N1CCN(S(=O)(=O)c2cccc(Cl)c2Cl)CC1. The molecule has 3 rings (SSSR count). The lowest BCUT2D eigenvalue weighted by molar-refractivity contribution is 0.0698. The third-order valence-electron chi connectivity index (χ3n) is 4.23. The molecule has 10 heteroatoms. The van der Waals surface area contributed by atoms with Gasteiger partial charge in [0.2, 0.25) is 10.0 Å². The van der Waals surface area contributed by atoms with Crippen molar-refractivity contribution < 1.29 is 13.2 Å². The van der Waals surface area contributed by atoms with Crippen LogP contribution in [-0.4, -0.2) is 49.7 Å². The van der Waals surface area contributed by atoms with E-state index in [2.05, 4.69) is 0 Å². The van der Waals surface area contributed by atoms with Crippen LogP contribution in [0.5, 0.6) is 0 Å². The zero-order valence-corrected chi connectivity index (χ0v) is 17.7. The lowest BCUT2D eigenvalue weighted by atomic mass is 10.2. The van der Waals surface area contributed by atoms with Gasteiger partial charge in [0.15, 0.2) is 0 Å². The minimum Gasteiger partial charge on any atom is -0.336 e. The second-order valence-electron chi connectivity index (χ2n) is 5.88. The molecule has 1 aliphatic rings. The normalized spacial score (nSPS) is 15.8. The second-order valence-corrected chi connectivity index (χ2v) is 9.38. The predicted octanol–water partition coefficient (Wildman–Crippen LogP) is 4.45. The van der Waals surface area contributed by atoms with Crippen LogP contribution in [0.3, 0.4) is 0 Å². The van der Waals surface area contributed by atoms with E-state index in [0.29, 0.717) is 15.6 Å². The van der Waals surface area contributed by atoms with Crippen LogP contribution in [0, 0.1) is 0 Å². The minimum absolute atomic E-state index is 0.00604. The Balaban J connectivity index is 1.74. The molecule has 0 aromatic heterocycles. The monoisotopic (exact) mass is 466 g/mol. The number of rotatable bonds is 3. The van der Waals surface area contributed by atoms with Gasteiger partial charge < -0.3 is 4.90 Å². The number of piperazine rings is 1. The number of hydrogen-bond donors (Lipinski definition) is 0. The number of halogens is 4. The molecule has 1 fully saturated rings. The standard InChI is InChI=1S/C17H14Cl4N2O3S/c18-12-5-4-11(10-14(12)20)17(24)22-6-8-23(9-7-22)27(25,26)15-3-1-2-13(19)16(15)21/h1-5,10H,6-9H2. The molecule has 1 amide bonds. The molecule has 0 spiro atoms. The molecule has 0 bridgehead atoms. The van der Waals surface area contributed by atoms with Crippen LogP contribution in [0.4, 0.5) is 0 Å². The van der Waals surface area contributed by atoms with E-state index in [1.54, 1.807) is 17.0 Å². The Hall–Kier alpha value is -1.02. The Bertz CT molecular complexity index is 990. The van der Waals surface area contributed by atoms with Crippen LogP contribution >= 0.6 is 46.4 Å². The van der Waals surface area contributed by atoms with Gasteiger partial charge in [-0.05, 0) is 30.3 Å². The van der Waals surface area contributed by atoms with Crippen molar-refractivity contribution in [3.63, 3.8) is 0 Å². The first-order valence-corrected chi connectivity index (χ1v) is 10.9. The summed E-state index contributed by atoms with van der Waals surface area (Å²) in [4.78, 5) is 14.1. The Morgan fingerprint density at radius 2 is 1.52 bits per heavy atom. The average molecular weight is 468 g/mol. The number of hydrogen-bond acceptors (Lipinski definition) is 3. The van der Waals surface area contributed by atoms with E-state index in [1.165, 1.54) is 28.6 Å². The minimum atomic E-state index is -3.80. The van der Waals surface area contributed by atoms with E-state index in [1.807, 2.05) is 0 Å². The third-order valence-corrected chi connectivity index (χ3v) is 7.84. The summed E-state index contributed by atoms with van der Waals surface area (Å²) in [6, 6.07) is 9.12. The molecule has 0 saturated carbocycles. The average Bonchev–Trinajstić information content (AvgIpc) is 2.65. The Kier molecular flexibility index (Phi) is 6.25. The van der Waals surface area contributed by atoms with Crippen LogP contribution in [0.25, 0.3) is 0 Å². The molecular formula is C17H14Cl4N2O3S. The number of carbonyl (C=O) groups is 1. The van der Waals surface area contributed by atoms with Crippen molar-refractivity contribution in [2.45, 2.75) is 4.90 Å². The van der Waals surface area contributed by atoms with Crippen molar-refractivity contribution in [1.29, 1.82) is 0 Å². The van der Waals surface area contributed by atoms with Crippen LogP contribution in [-0.2, 0) is 10.0 Å². The zero-order valence-electron chi connectivity index (χ0n) is 13.8. The van der Waals surface area contributed by atoms with Crippen LogP contribution in [0.2, 0.25) is 20.1 Å². The lowest BCUT2D eigenvalue weighted by Gasteiger charge is -2.34. The first-order valence-electron chi connectivity index (χ1n) is 7.90. The first kappa shape index (κ1) is 20.7. The summed E-state index contributed by atoms with van der Waals surface area (Å²) >= 11 is 23.8. The maximum atomic E-state index is 12.8. The number of carbonyl (C=O) groups excluding carboxylic acids is 1. The molecule has 5 nitrogen and oxygen atoms in total. The smallest absolute Gasteiger partial charge is 0.253 e. The molecule has 2 aromatic carbocycles. The van der Waals surface area contributed by atoms with Crippen molar-refractivity contribution in [2.24, 2.45) is 0 Å². The zero-order chi connectivity index (χ0) is 19.8. The van der Waals surface area contributed by atoms with Crippen LogP contribution in [0.15, 0.2) is 41.3 Å². The fourth-order valence-corrected chi connectivity index (χ4v) is 5.22. The van der Waals surface area contributed by atoms with Gasteiger partial charge in [-0.1, -0.05) is 52.5 Å². The summed E-state index contributed by atoms with van der Waals surface area (Å²) in [5.41, 5.74) is 0.401.